The predicted octanol–water partition coefficient (Wildman–Crippen LogP) is 3.49. The first-order valence-electron chi connectivity index (χ1n) is 10.3. The average molecular weight is 434 g/mol. The van der Waals surface area contributed by atoms with Crippen LogP contribution in [0.4, 0.5) is 5.95 Å². The minimum Gasteiger partial charge on any atom is -0.337 e. The lowest BCUT2D eigenvalue weighted by atomic mass is 10.1. The number of hydrogen-bond donors (Lipinski definition) is 0. The van der Waals surface area contributed by atoms with E-state index in [1.54, 1.807) is 36.0 Å². The van der Waals surface area contributed by atoms with Gasteiger partial charge in [0, 0.05) is 44.6 Å². The van der Waals surface area contributed by atoms with Gasteiger partial charge in [0.05, 0.1) is 27.7 Å². The highest BCUT2D eigenvalue weighted by molar-refractivity contribution is 7.13. The number of thiophene rings is 1. The fourth-order valence-corrected chi connectivity index (χ4v) is 4.54. The molecule has 158 valence electrons. The minimum atomic E-state index is 0.0159. The van der Waals surface area contributed by atoms with Crippen LogP contribution in [0.2, 0.25) is 0 Å². The summed E-state index contributed by atoms with van der Waals surface area (Å²) < 4.78 is 1.88. The lowest BCUT2D eigenvalue weighted by Gasteiger charge is -2.34. The van der Waals surface area contributed by atoms with Gasteiger partial charge in [-0.3, -0.25) is 4.79 Å². The Morgan fingerprint density at radius 3 is 2.55 bits per heavy atom. The van der Waals surface area contributed by atoms with Crippen molar-refractivity contribution in [3.05, 3.63) is 53.8 Å². The third kappa shape index (κ3) is 3.65. The number of carbonyl (C=O) groups is 1. The zero-order chi connectivity index (χ0) is 21.4. The van der Waals surface area contributed by atoms with E-state index in [-0.39, 0.29) is 11.9 Å². The number of fused-ring (bicyclic) bond motifs is 1. The molecule has 1 aliphatic heterocycles. The van der Waals surface area contributed by atoms with Crippen LogP contribution in [-0.4, -0.2) is 61.7 Å². The number of amides is 1. The Hall–Kier alpha value is -3.33. The van der Waals surface area contributed by atoms with Crippen molar-refractivity contribution in [2.45, 2.75) is 19.9 Å². The Bertz CT molecular complexity index is 1200. The van der Waals surface area contributed by atoms with Gasteiger partial charge in [-0.05, 0) is 37.4 Å². The first-order chi connectivity index (χ1) is 15.1. The Labute approximate surface area is 184 Å². The molecule has 0 spiro atoms. The van der Waals surface area contributed by atoms with Crippen molar-refractivity contribution in [3.63, 3.8) is 0 Å². The molecule has 4 aromatic rings. The molecule has 9 heteroatoms. The largest absolute Gasteiger partial charge is 0.337 e. The van der Waals surface area contributed by atoms with E-state index in [2.05, 4.69) is 33.8 Å². The molecule has 8 nitrogen and oxygen atoms in total. The highest BCUT2D eigenvalue weighted by atomic mass is 32.1. The molecule has 1 aliphatic rings. The van der Waals surface area contributed by atoms with Gasteiger partial charge in [0.1, 0.15) is 0 Å². The molecule has 5 rings (SSSR count). The zero-order valence-electron chi connectivity index (χ0n) is 17.5. The van der Waals surface area contributed by atoms with Gasteiger partial charge in [-0.2, -0.15) is 5.10 Å². The summed E-state index contributed by atoms with van der Waals surface area (Å²) in [6.45, 7) is 6.78. The minimum absolute atomic E-state index is 0.0159. The molecule has 4 aromatic heterocycles. The number of aromatic nitrogens is 5. The lowest BCUT2D eigenvalue weighted by Crippen LogP contribution is -2.49. The standard InChI is InChI=1S/C22H23N7OS/c1-15(2)29-20-17(14-25-29)16(13-18(26-20)19-5-3-12-31-19)21(30)27-8-10-28(11-9-27)22-23-6-4-7-24-22/h3-7,12-15H,8-11H2,1-2H3. The topological polar surface area (TPSA) is 80.0 Å². The summed E-state index contributed by atoms with van der Waals surface area (Å²) in [5.41, 5.74) is 2.22. The van der Waals surface area contributed by atoms with Gasteiger partial charge < -0.3 is 9.80 Å². The second-order valence-corrected chi connectivity index (χ2v) is 8.73. The monoisotopic (exact) mass is 433 g/mol. The van der Waals surface area contributed by atoms with E-state index < -0.39 is 0 Å². The molecule has 0 atom stereocenters. The third-order valence-corrected chi connectivity index (χ3v) is 6.35. The van der Waals surface area contributed by atoms with Crippen LogP contribution in [0.15, 0.2) is 48.2 Å². The first-order valence-corrected chi connectivity index (χ1v) is 11.2. The second-order valence-electron chi connectivity index (χ2n) is 7.78. The predicted molar refractivity (Wildman–Crippen MR) is 121 cm³/mol. The average Bonchev–Trinajstić information content (AvgIpc) is 3.49. The highest BCUT2D eigenvalue weighted by Gasteiger charge is 2.26. The number of nitrogens with zero attached hydrogens (tertiary/aromatic N) is 7. The normalized spacial score (nSPS) is 14.5. The van der Waals surface area contributed by atoms with Crippen molar-refractivity contribution in [3.8, 4) is 10.6 Å². The van der Waals surface area contributed by atoms with Crippen LogP contribution >= 0.6 is 11.3 Å². The quantitative estimate of drug-likeness (QED) is 0.490. The maximum Gasteiger partial charge on any atom is 0.254 e. The Morgan fingerprint density at radius 2 is 1.87 bits per heavy atom. The molecule has 1 fully saturated rings. The van der Waals surface area contributed by atoms with Crippen LogP contribution in [-0.2, 0) is 0 Å². The summed E-state index contributed by atoms with van der Waals surface area (Å²) in [5.74, 6) is 0.723. The molecular weight excluding hydrogens is 410 g/mol. The lowest BCUT2D eigenvalue weighted by molar-refractivity contribution is 0.0748. The van der Waals surface area contributed by atoms with Crippen LogP contribution in [0.1, 0.15) is 30.2 Å². The number of anilines is 1. The first kappa shape index (κ1) is 19.6. The van der Waals surface area contributed by atoms with Crippen LogP contribution in [0.5, 0.6) is 0 Å². The van der Waals surface area contributed by atoms with Crippen LogP contribution in [0, 0.1) is 0 Å². The van der Waals surface area contributed by atoms with E-state index in [1.165, 1.54) is 0 Å². The molecule has 0 aliphatic carbocycles. The van der Waals surface area contributed by atoms with Crippen molar-refractivity contribution < 1.29 is 4.79 Å². The zero-order valence-corrected chi connectivity index (χ0v) is 18.3. The third-order valence-electron chi connectivity index (χ3n) is 5.46. The summed E-state index contributed by atoms with van der Waals surface area (Å²) in [6.07, 6.45) is 5.25. The van der Waals surface area contributed by atoms with E-state index in [0.29, 0.717) is 37.7 Å². The number of rotatable bonds is 4. The summed E-state index contributed by atoms with van der Waals surface area (Å²) >= 11 is 1.62. The molecular formula is C22H23N7OS. The van der Waals surface area contributed by atoms with Gasteiger partial charge >= 0.3 is 0 Å². The van der Waals surface area contributed by atoms with Crippen molar-refractivity contribution in [1.82, 2.24) is 29.6 Å². The molecule has 0 radical (unpaired) electrons. The van der Waals surface area contributed by atoms with Gasteiger partial charge in [-0.1, -0.05) is 6.07 Å². The van der Waals surface area contributed by atoms with Gasteiger partial charge in [0.2, 0.25) is 5.95 Å². The molecule has 1 amide bonds. The van der Waals surface area contributed by atoms with Crippen LogP contribution in [0.25, 0.3) is 21.6 Å². The Kier molecular flexibility index (Phi) is 5.11. The highest BCUT2D eigenvalue weighted by Crippen LogP contribution is 2.29. The molecule has 0 saturated carbocycles. The number of piperazine rings is 1. The van der Waals surface area contributed by atoms with Crippen molar-refractivity contribution >= 4 is 34.2 Å². The summed E-state index contributed by atoms with van der Waals surface area (Å²) in [7, 11) is 0. The number of hydrogen-bond acceptors (Lipinski definition) is 7. The molecule has 0 unspecified atom stereocenters. The molecule has 0 bridgehead atoms. The van der Waals surface area contributed by atoms with Gasteiger partial charge in [-0.25, -0.2) is 19.6 Å². The van der Waals surface area contributed by atoms with Crippen LogP contribution in [0.3, 0.4) is 0 Å². The molecule has 31 heavy (non-hydrogen) atoms. The van der Waals surface area contributed by atoms with E-state index in [0.717, 1.165) is 21.6 Å². The fourth-order valence-electron chi connectivity index (χ4n) is 3.86. The van der Waals surface area contributed by atoms with E-state index in [4.69, 9.17) is 4.98 Å². The summed E-state index contributed by atoms with van der Waals surface area (Å²) in [5, 5.41) is 7.34. The summed E-state index contributed by atoms with van der Waals surface area (Å²) in [6, 6.07) is 7.90. The van der Waals surface area contributed by atoms with Gasteiger partial charge in [0.15, 0.2) is 5.65 Å². The van der Waals surface area contributed by atoms with Crippen molar-refractivity contribution in [2.24, 2.45) is 0 Å². The molecule has 1 saturated heterocycles. The molecule has 0 N–H and O–H groups in total. The van der Waals surface area contributed by atoms with Crippen molar-refractivity contribution in [1.29, 1.82) is 0 Å². The van der Waals surface area contributed by atoms with Gasteiger partial charge in [-0.15, -0.1) is 11.3 Å². The SMILES string of the molecule is CC(C)n1ncc2c(C(=O)N3CCN(c4ncccn4)CC3)cc(-c3cccs3)nc21. The van der Waals surface area contributed by atoms with E-state index in [1.807, 2.05) is 33.2 Å². The Balaban J connectivity index is 1.47. The Morgan fingerprint density at radius 1 is 1.10 bits per heavy atom. The van der Waals surface area contributed by atoms with Gasteiger partial charge in [0.25, 0.3) is 5.91 Å². The van der Waals surface area contributed by atoms with E-state index >= 15 is 0 Å². The van der Waals surface area contributed by atoms with Crippen molar-refractivity contribution in [2.75, 3.05) is 31.1 Å². The smallest absolute Gasteiger partial charge is 0.254 e. The molecule has 5 heterocycles. The number of carbonyl (C=O) groups excluding carboxylic acids is 1. The maximum absolute atomic E-state index is 13.6. The molecule has 0 aromatic carbocycles. The summed E-state index contributed by atoms with van der Waals surface area (Å²) in [4.78, 5) is 32.1. The fraction of sp³-hybridized carbons (Fsp3) is 0.318. The maximum atomic E-state index is 13.6. The second kappa shape index (κ2) is 8.07. The number of pyridine rings is 1. The van der Waals surface area contributed by atoms with E-state index in [9.17, 15) is 4.79 Å². The van der Waals surface area contributed by atoms with Crippen LogP contribution < -0.4 is 4.90 Å².